The molecule has 1 N–H and O–H groups in total. The zero-order valence-corrected chi connectivity index (χ0v) is 15.5. The van der Waals surface area contributed by atoms with Crippen molar-refractivity contribution in [2.45, 2.75) is 71.4 Å². The number of hydrogen-bond acceptors (Lipinski definition) is 3. The molecule has 1 aromatic heterocycles. The average Bonchev–Trinajstić information content (AvgIpc) is 2.83. The Hall–Kier alpha value is -1.36. The first kappa shape index (κ1) is 18.0. The van der Waals surface area contributed by atoms with Crippen LogP contribution >= 0.6 is 0 Å². The molecule has 0 unspecified atom stereocenters. The SMILES string of the molecule is CC(C)c1cc(C(=O)NC(C)(C)CN2CCCC[C@@H]2C)n(C)n1. The predicted molar refractivity (Wildman–Crippen MR) is 93.7 cm³/mol. The Bertz CT molecular complexity index is 547. The van der Waals surface area contributed by atoms with E-state index < -0.39 is 0 Å². The second-order valence-corrected chi connectivity index (χ2v) is 7.89. The fourth-order valence-electron chi connectivity index (χ4n) is 3.30. The van der Waals surface area contributed by atoms with Gasteiger partial charge in [-0.05, 0) is 52.1 Å². The van der Waals surface area contributed by atoms with Crippen LogP contribution in [0.5, 0.6) is 0 Å². The third kappa shape index (κ3) is 4.56. The molecule has 0 saturated carbocycles. The summed E-state index contributed by atoms with van der Waals surface area (Å²) in [6, 6.07) is 2.50. The van der Waals surface area contributed by atoms with Crippen LogP contribution in [0.1, 0.15) is 76.0 Å². The third-order valence-electron chi connectivity index (χ3n) is 4.71. The minimum absolute atomic E-state index is 0.0402. The molecule has 2 rings (SSSR count). The molecule has 5 nitrogen and oxygen atoms in total. The topological polar surface area (TPSA) is 50.2 Å². The summed E-state index contributed by atoms with van der Waals surface area (Å²) >= 11 is 0. The molecule has 1 aliphatic rings. The van der Waals surface area contributed by atoms with Crippen LogP contribution in [-0.2, 0) is 7.05 Å². The summed E-state index contributed by atoms with van der Waals surface area (Å²) in [5.41, 5.74) is 1.33. The van der Waals surface area contributed by atoms with Crippen molar-refractivity contribution in [1.82, 2.24) is 20.0 Å². The van der Waals surface area contributed by atoms with Crippen molar-refractivity contribution in [3.8, 4) is 0 Å². The zero-order chi connectivity index (χ0) is 17.2. The summed E-state index contributed by atoms with van der Waals surface area (Å²) in [6.45, 7) is 12.7. The molecule has 1 amide bonds. The van der Waals surface area contributed by atoms with E-state index in [4.69, 9.17) is 0 Å². The lowest BCUT2D eigenvalue weighted by atomic mass is 9.98. The Morgan fingerprint density at radius 3 is 2.70 bits per heavy atom. The first-order valence-electron chi connectivity index (χ1n) is 8.80. The molecule has 5 heteroatoms. The fraction of sp³-hybridized carbons (Fsp3) is 0.778. The van der Waals surface area contributed by atoms with E-state index in [1.807, 2.05) is 13.1 Å². The second-order valence-electron chi connectivity index (χ2n) is 7.89. The average molecular weight is 320 g/mol. The first-order valence-corrected chi connectivity index (χ1v) is 8.80. The predicted octanol–water partition coefficient (Wildman–Crippen LogP) is 2.93. The molecule has 130 valence electrons. The largest absolute Gasteiger partial charge is 0.345 e. The molecule has 1 atom stereocenters. The van der Waals surface area contributed by atoms with Crippen molar-refractivity contribution in [2.75, 3.05) is 13.1 Å². The Morgan fingerprint density at radius 1 is 1.43 bits per heavy atom. The van der Waals surface area contributed by atoms with Crippen molar-refractivity contribution in [2.24, 2.45) is 7.05 Å². The Balaban J connectivity index is 2.03. The minimum atomic E-state index is -0.259. The summed E-state index contributed by atoms with van der Waals surface area (Å²) in [4.78, 5) is 15.1. The van der Waals surface area contributed by atoms with Gasteiger partial charge in [-0.3, -0.25) is 14.4 Å². The number of carbonyl (C=O) groups is 1. The molecule has 1 aliphatic heterocycles. The van der Waals surface area contributed by atoms with Gasteiger partial charge in [0.15, 0.2) is 0 Å². The molecule has 23 heavy (non-hydrogen) atoms. The highest BCUT2D eigenvalue weighted by atomic mass is 16.2. The number of amides is 1. The molecule has 1 aromatic rings. The van der Waals surface area contributed by atoms with Crippen LogP contribution in [0.2, 0.25) is 0 Å². The number of nitrogens with zero attached hydrogens (tertiary/aromatic N) is 3. The van der Waals surface area contributed by atoms with E-state index in [0.29, 0.717) is 17.7 Å². The quantitative estimate of drug-likeness (QED) is 0.907. The molecule has 0 aliphatic carbocycles. The molecule has 1 fully saturated rings. The van der Waals surface area contributed by atoms with Crippen molar-refractivity contribution >= 4 is 5.91 Å². The van der Waals surface area contributed by atoms with Crippen LogP contribution in [0.25, 0.3) is 0 Å². The van der Waals surface area contributed by atoms with Gasteiger partial charge in [-0.2, -0.15) is 5.10 Å². The lowest BCUT2D eigenvalue weighted by molar-refractivity contribution is 0.0826. The van der Waals surface area contributed by atoms with Crippen LogP contribution in [0.3, 0.4) is 0 Å². The van der Waals surface area contributed by atoms with Crippen LogP contribution in [0.4, 0.5) is 0 Å². The van der Waals surface area contributed by atoms with Gasteiger partial charge in [-0.25, -0.2) is 0 Å². The lowest BCUT2D eigenvalue weighted by Crippen LogP contribution is -2.54. The van der Waals surface area contributed by atoms with Crippen LogP contribution in [-0.4, -0.2) is 45.3 Å². The van der Waals surface area contributed by atoms with Crippen LogP contribution in [0, 0.1) is 0 Å². The number of carbonyl (C=O) groups excluding carboxylic acids is 1. The highest BCUT2D eigenvalue weighted by Gasteiger charge is 2.29. The van der Waals surface area contributed by atoms with Gasteiger partial charge in [-0.15, -0.1) is 0 Å². The number of piperidine rings is 1. The summed E-state index contributed by atoms with van der Waals surface area (Å²) < 4.78 is 1.68. The summed E-state index contributed by atoms with van der Waals surface area (Å²) in [5, 5.41) is 7.63. The van der Waals surface area contributed by atoms with Gasteiger partial charge in [0.25, 0.3) is 5.91 Å². The van der Waals surface area contributed by atoms with Crippen LogP contribution in [0.15, 0.2) is 6.07 Å². The Kier molecular flexibility index (Phi) is 5.50. The van der Waals surface area contributed by atoms with E-state index in [1.165, 1.54) is 19.3 Å². The van der Waals surface area contributed by atoms with Gasteiger partial charge in [0.05, 0.1) is 5.69 Å². The van der Waals surface area contributed by atoms with Crippen molar-refractivity contribution in [3.63, 3.8) is 0 Å². The van der Waals surface area contributed by atoms with E-state index in [-0.39, 0.29) is 11.4 Å². The minimum Gasteiger partial charge on any atom is -0.345 e. The van der Waals surface area contributed by atoms with Crippen LogP contribution < -0.4 is 5.32 Å². The smallest absolute Gasteiger partial charge is 0.270 e. The van der Waals surface area contributed by atoms with E-state index in [1.54, 1.807) is 4.68 Å². The second kappa shape index (κ2) is 7.04. The van der Waals surface area contributed by atoms with E-state index in [2.05, 4.69) is 49.9 Å². The van der Waals surface area contributed by atoms with E-state index in [0.717, 1.165) is 18.8 Å². The van der Waals surface area contributed by atoms with Gasteiger partial charge in [0, 0.05) is 25.2 Å². The molecular weight excluding hydrogens is 288 g/mol. The summed E-state index contributed by atoms with van der Waals surface area (Å²) in [5.74, 6) is 0.284. The van der Waals surface area contributed by atoms with Gasteiger partial charge >= 0.3 is 0 Å². The van der Waals surface area contributed by atoms with E-state index in [9.17, 15) is 4.79 Å². The standard InChI is InChI=1S/C18H32N4O/c1-13(2)15-11-16(21(6)20-15)17(23)19-18(4,5)12-22-10-8-7-9-14(22)3/h11,13-14H,7-10,12H2,1-6H3,(H,19,23)/t14-/m0/s1. The number of aromatic nitrogens is 2. The summed E-state index contributed by atoms with van der Waals surface area (Å²) in [7, 11) is 1.83. The van der Waals surface area contributed by atoms with Gasteiger partial charge in [0.1, 0.15) is 5.69 Å². The van der Waals surface area contributed by atoms with Gasteiger partial charge < -0.3 is 5.32 Å². The molecular formula is C18H32N4O. The normalized spacial score (nSPS) is 20.0. The maximum absolute atomic E-state index is 12.6. The molecule has 0 bridgehead atoms. The third-order valence-corrected chi connectivity index (χ3v) is 4.71. The van der Waals surface area contributed by atoms with Crippen molar-refractivity contribution < 1.29 is 4.79 Å². The Morgan fingerprint density at radius 2 is 2.13 bits per heavy atom. The van der Waals surface area contributed by atoms with Gasteiger partial charge in [0.2, 0.25) is 0 Å². The molecule has 2 heterocycles. The molecule has 0 aromatic carbocycles. The summed E-state index contributed by atoms with van der Waals surface area (Å²) in [6.07, 6.45) is 3.83. The zero-order valence-electron chi connectivity index (χ0n) is 15.5. The number of aryl methyl sites for hydroxylation is 1. The molecule has 0 spiro atoms. The maximum atomic E-state index is 12.6. The fourth-order valence-corrected chi connectivity index (χ4v) is 3.30. The molecule has 0 radical (unpaired) electrons. The number of nitrogens with one attached hydrogen (secondary N) is 1. The highest BCUT2D eigenvalue weighted by Crippen LogP contribution is 2.20. The molecule has 1 saturated heterocycles. The first-order chi connectivity index (χ1) is 10.7. The van der Waals surface area contributed by atoms with E-state index >= 15 is 0 Å². The number of hydrogen-bond donors (Lipinski definition) is 1. The number of rotatable bonds is 5. The van der Waals surface area contributed by atoms with Gasteiger partial charge in [-0.1, -0.05) is 20.3 Å². The maximum Gasteiger partial charge on any atom is 0.270 e. The number of likely N-dealkylation sites (tertiary alicyclic amines) is 1. The van der Waals surface area contributed by atoms with Crippen molar-refractivity contribution in [1.29, 1.82) is 0 Å². The monoisotopic (exact) mass is 320 g/mol. The highest BCUT2D eigenvalue weighted by molar-refractivity contribution is 5.93. The van der Waals surface area contributed by atoms with Crippen molar-refractivity contribution in [3.05, 3.63) is 17.5 Å². The lowest BCUT2D eigenvalue weighted by Gasteiger charge is -2.39. The Labute approximate surface area is 140 Å².